The first-order valence-electron chi connectivity index (χ1n) is 6.54. The summed E-state index contributed by atoms with van der Waals surface area (Å²) in [6.45, 7) is 4.06. The Morgan fingerprint density at radius 1 is 0.900 bits per heavy atom. The minimum Gasteiger partial charge on any atom is -0.465 e. The van der Waals surface area contributed by atoms with Gasteiger partial charge in [0.2, 0.25) is 0 Å². The SMILES string of the molecule is COC(=O)/C(=C/c1ccc(C)cc1)c1ccc(C)cc1. The second-order valence-corrected chi connectivity index (χ2v) is 4.83. The lowest BCUT2D eigenvalue weighted by atomic mass is 10.0. The number of methoxy groups -OCH3 is 1. The zero-order valence-corrected chi connectivity index (χ0v) is 12.0. The minimum atomic E-state index is -0.325. The van der Waals surface area contributed by atoms with E-state index in [2.05, 4.69) is 0 Å². The van der Waals surface area contributed by atoms with Gasteiger partial charge >= 0.3 is 5.97 Å². The van der Waals surface area contributed by atoms with Crippen LogP contribution in [0.25, 0.3) is 11.6 Å². The number of rotatable bonds is 3. The number of hydrogen-bond donors (Lipinski definition) is 0. The minimum absolute atomic E-state index is 0.325. The molecule has 0 fully saturated rings. The molecule has 2 aromatic carbocycles. The molecule has 0 spiro atoms. The summed E-state index contributed by atoms with van der Waals surface area (Å²) < 4.78 is 4.89. The topological polar surface area (TPSA) is 26.3 Å². The fourth-order valence-electron chi connectivity index (χ4n) is 1.93. The van der Waals surface area contributed by atoms with E-state index in [1.807, 2.05) is 68.5 Å². The van der Waals surface area contributed by atoms with E-state index in [0.29, 0.717) is 5.57 Å². The molecule has 20 heavy (non-hydrogen) atoms. The third kappa shape index (κ3) is 3.35. The second kappa shape index (κ2) is 6.20. The van der Waals surface area contributed by atoms with Crippen molar-refractivity contribution >= 4 is 17.6 Å². The maximum absolute atomic E-state index is 12.0. The van der Waals surface area contributed by atoms with E-state index in [4.69, 9.17) is 4.74 Å². The molecule has 0 unspecified atom stereocenters. The van der Waals surface area contributed by atoms with Gasteiger partial charge in [0.15, 0.2) is 0 Å². The molecule has 0 saturated carbocycles. The van der Waals surface area contributed by atoms with Crippen LogP contribution < -0.4 is 0 Å². The fraction of sp³-hybridized carbons (Fsp3) is 0.167. The van der Waals surface area contributed by atoms with Gasteiger partial charge in [-0.2, -0.15) is 0 Å². The Bertz CT molecular complexity index is 619. The number of carbonyl (C=O) groups is 1. The van der Waals surface area contributed by atoms with E-state index in [-0.39, 0.29) is 5.97 Å². The maximum Gasteiger partial charge on any atom is 0.338 e. The molecular formula is C18H18O2. The van der Waals surface area contributed by atoms with Crippen LogP contribution in [-0.2, 0) is 9.53 Å². The van der Waals surface area contributed by atoms with Crippen LogP contribution in [-0.4, -0.2) is 13.1 Å². The Hall–Kier alpha value is -2.35. The summed E-state index contributed by atoms with van der Waals surface area (Å²) in [5.41, 5.74) is 4.77. The van der Waals surface area contributed by atoms with Crippen LogP contribution in [0.2, 0.25) is 0 Å². The molecule has 2 rings (SSSR count). The molecule has 0 aliphatic heterocycles. The van der Waals surface area contributed by atoms with Crippen molar-refractivity contribution in [2.24, 2.45) is 0 Å². The number of aryl methyl sites for hydroxylation is 2. The van der Waals surface area contributed by atoms with Crippen molar-refractivity contribution in [3.63, 3.8) is 0 Å². The first-order valence-corrected chi connectivity index (χ1v) is 6.54. The predicted octanol–water partition coefficient (Wildman–Crippen LogP) is 4.02. The summed E-state index contributed by atoms with van der Waals surface area (Å²) in [5.74, 6) is -0.325. The lowest BCUT2D eigenvalue weighted by Gasteiger charge is -2.07. The van der Waals surface area contributed by atoms with Gasteiger partial charge in [-0.15, -0.1) is 0 Å². The number of esters is 1. The van der Waals surface area contributed by atoms with E-state index < -0.39 is 0 Å². The molecule has 2 heteroatoms. The van der Waals surface area contributed by atoms with Crippen molar-refractivity contribution in [3.05, 3.63) is 70.8 Å². The van der Waals surface area contributed by atoms with Gasteiger partial charge in [-0.1, -0.05) is 59.7 Å². The molecule has 0 bridgehead atoms. The smallest absolute Gasteiger partial charge is 0.338 e. The number of carbonyl (C=O) groups excluding carboxylic acids is 1. The van der Waals surface area contributed by atoms with Gasteiger partial charge in [-0.05, 0) is 31.1 Å². The quantitative estimate of drug-likeness (QED) is 0.476. The van der Waals surface area contributed by atoms with Crippen LogP contribution in [0, 0.1) is 13.8 Å². The highest BCUT2D eigenvalue weighted by Gasteiger charge is 2.12. The molecule has 0 radical (unpaired) electrons. The normalized spacial score (nSPS) is 11.2. The Morgan fingerprint density at radius 3 is 1.90 bits per heavy atom. The molecular weight excluding hydrogens is 248 g/mol. The van der Waals surface area contributed by atoms with Crippen LogP contribution >= 0.6 is 0 Å². The van der Waals surface area contributed by atoms with Gasteiger partial charge in [0.25, 0.3) is 0 Å². The van der Waals surface area contributed by atoms with E-state index in [1.165, 1.54) is 12.7 Å². The predicted molar refractivity (Wildman–Crippen MR) is 82.2 cm³/mol. The maximum atomic E-state index is 12.0. The number of benzene rings is 2. The summed E-state index contributed by atoms with van der Waals surface area (Å²) >= 11 is 0. The van der Waals surface area contributed by atoms with Gasteiger partial charge in [0.05, 0.1) is 12.7 Å². The molecule has 0 saturated heterocycles. The zero-order valence-electron chi connectivity index (χ0n) is 12.0. The largest absolute Gasteiger partial charge is 0.465 e. The number of hydrogen-bond acceptors (Lipinski definition) is 2. The van der Waals surface area contributed by atoms with E-state index in [9.17, 15) is 4.79 Å². The molecule has 102 valence electrons. The summed E-state index contributed by atoms with van der Waals surface area (Å²) in [5, 5.41) is 0. The van der Waals surface area contributed by atoms with Gasteiger partial charge in [-0.25, -0.2) is 4.79 Å². The highest BCUT2D eigenvalue weighted by atomic mass is 16.5. The van der Waals surface area contributed by atoms with Crippen molar-refractivity contribution in [2.75, 3.05) is 7.11 Å². The van der Waals surface area contributed by atoms with Crippen LogP contribution in [0.4, 0.5) is 0 Å². The molecule has 0 heterocycles. The third-order valence-electron chi connectivity index (χ3n) is 3.16. The summed E-state index contributed by atoms with van der Waals surface area (Å²) in [7, 11) is 1.40. The molecule has 0 N–H and O–H groups in total. The van der Waals surface area contributed by atoms with Crippen LogP contribution in [0.1, 0.15) is 22.3 Å². The molecule has 0 amide bonds. The molecule has 0 aromatic heterocycles. The summed E-state index contributed by atoms with van der Waals surface area (Å²) in [4.78, 5) is 12.0. The zero-order chi connectivity index (χ0) is 14.5. The first kappa shape index (κ1) is 14.1. The highest BCUT2D eigenvalue weighted by molar-refractivity contribution is 6.21. The van der Waals surface area contributed by atoms with Crippen LogP contribution in [0.5, 0.6) is 0 Å². The Labute approximate surface area is 119 Å². The van der Waals surface area contributed by atoms with Gasteiger partial charge in [-0.3, -0.25) is 0 Å². The van der Waals surface area contributed by atoms with Crippen LogP contribution in [0.15, 0.2) is 48.5 Å². The van der Waals surface area contributed by atoms with Crippen molar-refractivity contribution in [2.45, 2.75) is 13.8 Å². The molecule has 2 nitrogen and oxygen atoms in total. The highest BCUT2D eigenvalue weighted by Crippen LogP contribution is 2.20. The second-order valence-electron chi connectivity index (χ2n) is 4.83. The lowest BCUT2D eigenvalue weighted by molar-refractivity contribution is -0.133. The Balaban J connectivity index is 2.44. The molecule has 0 aliphatic rings. The van der Waals surface area contributed by atoms with Gasteiger partial charge < -0.3 is 4.74 Å². The number of ether oxygens (including phenoxy) is 1. The lowest BCUT2D eigenvalue weighted by Crippen LogP contribution is -2.03. The van der Waals surface area contributed by atoms with E-state index >= 15 is 0 Å². The van der Waals surface area contributed by atoms with Crippen LogP contribution in [0.3, 0.4) is 0 Å². The van der Waals surface area contributed by atoms with Crippen molar-refractivity contribution in [1.82, 2.24) is 0 Å². The van der Waals surface area contributed by atoms with Gasteiger partial charge in [0.1, 0.15) is 0 Å². The van der Waals surface area contributed by atoms with Crippen molar-refractivity contribution in [3.8, 4) is 0 Å². The molecule has 2 aromatic rings. The summed E-state index contributed by atoms with van der Waals surface area (Å²) in [6.07, 6.45) is 1.86. The van der Waals surface area contributed by atoms with E-state index in [1.54, 1.807) is 0 Å². The van der Waals surface area contributed by atoms with Crippen molar-refractivity contribution in [1.29, 1.82) is 0 Å². The standard InChI is InChI=1S/C18H18O2/c1-13-4-8-15(9-5-13)12-17(18(19)20-3)16-10-6-14(2)7-11-16/h4-12H,1-3H3/b17-12+. The third-order valence-corrected chi connectivity index (χ3v) is 3.16. The Morgan fingerprint density at radius 2 is 1.40 bits per heavy atom. The Kier molecular flexibility index (Phi) is 4.36. The first-order chi connectivity index (χ1) is 9.60. The average molecular weight is 266 g/mol. The van der Waals surface area contributed by atoms with E-state index in [0.717, 1.165) is 16.7 Å². The van der Waals surface area contributed by atoms with Crippen molar-refractivity contribution < 1.29 is 9.53 Å². The average Bonchev–Trinajstić information content (AvgIpc) is 2.47. The fourth-order valence-corrected chi connectivity index (χ4v) is 1.93. The molecule has 0 aliphatic carbocycles. The summed E-state index contributed by atoms with van der Waals surface area (Å²) in [6, 6.07) is 15.9. The monoisotopic (exact) mass is 266 g/mol. The van der Waals surface area contributed by atoms with Gasteiger partial charge in [0, 0.05) is 0 Å². The molecule has 0 atom stereocenters.